The molecule has 6 heteroatoms. The van der Waals surface area contributed by atoms with Crippen molar-refractivity contribution in [2.45, 2.75) is 26.3 Å². The number of aryl methyl sites for hydroxylation is 1. The highest BCUT2D eigenvalue weighted by Gasteiger charge is 2.25. The minimum Gasteiger partial charge on any atom is -0.387 e. The highest BCUT2D eigenvalue weighted by molar-refractivity contribution is 6.00. The van der Waals surface area contributed by atoms with Gasteiger partial charge in [0.15, 0.2) is 5.78 Å². The molecule has 1 aliphatic heterocycles. The second-order valence-corrected chi connectivity index (χ2v) is 5.42. The summed E-state index contributed by atoms with van der Waals surface area (Å²) in [4.78, 5) is 28.1. The van der Waals surface area contributed by atoms with Crippen LogP contribution in [0, 0.1) is 6.92 Å². The molecule has 0 radical (unpaired) electrons. The van der Waals surface area contributed by atoms with Crippen LogP contribution in [-0.4, -0.2) is 28.3 Å². The summed E-state index contributed by atoms with van der Waals surface area (Å²) in [7, 11) is 1.74. The predicted octanol–water partition coefficient (Wildman–Crippen LogP) is 1.98. The Morgan fingerprint density at radius 2 is 2.18 bits per heavy atom. The first-order valence-electron chi connectivity index (χ1n) is 7.25. The van der Waals surface area contributed by atoms with Gasteiger partial charge in [0.2, 0.25) is 0 Å². The molecule has 0 fully saturated rings. The van der Waals surface area contributed by atoms with Crippen molar-refractivity contribution >= 4 is 17.4 Å². The minimum absolute atomic E-state index is 0.144. The monoisotopic (exact) mass is 298 g/mol. The SMILES string of the molecule is CNc1cc(-c2nc(C)c3n2CCCC3=O)ccc1C(N)=O. The molecule has 1 aromatic heterocycles. The van der Waals surface area contributed by atoms with E-state index in [2.05, 4.69) is 10.3 Å². The van der Waals surface area contributed by atoms with E-state index in [0.29, 0.717) is 23.4 Å². The summed E-state index contributed by atoms with van der Waals surface area (Å²) in [6, 6.07) is 5.34. The molecule has 0 bridgehead atoms. The number of Topliss-reactive ketones (excluding diaryl/α,β-unsaturated/α-hetero) is 1. The number of benzene rings is 1. The Hall–Kier alpha value is -2.63. The molecule has 1 aromatic carbocycles. The number of amides is 1. The first kappa shape index (κ1) is 14.3. The number of nitrogens with zero attached hydrogens (tertiary/aromatic N) is 2. The number of rotatable bonds is 3. The summed E-state index contributed by atoms with van der Waals surface area (Å²) in [5.74, 6) is 0.422. The Kier molecular flexibility index (Phi) is 3.44. The number of carbonyl (C=O) groups excluding carboxylic acids is 2. The number of aromatic nitrogens is 2. The Labute approximate surface area is 128 Å². The van der Waals surface area contributed by atoms with Gasteiger partial charge in [-0.05, 0) is 25.5 Å². The molecule has 0 unspecified atom stereocenters. The fourth-order valence-corrected chi connectivity index (χ4v) is 2.98. The number of imidazole rings is 1. The Bertz CT molecular complexity index is 777. The average Bonchev–Trinajstić information content (AvgIpc) is 2.85. The van der Waals surface area contributed by atoms with Gasteiger partial charge in [0, 0.05) is 31.3 Å². The number of fused-ring (bicyclic) bond motifs is 1. The molecule has 1 aliphatic rings. The van der Waals surface area contributed by atoms with Crippen LogP contribution >= 0.6 is 0 Å². The highest BCUT2D eigenvalue weighted by atomic mass is 16.1. The topological polar surface area (TPSA) is 90.0 Å². The quantitative estimate of drug-likeness (QED) is 0.906. The largest absolute Gasteiger partial charge is 0.387 e. The molecule has 0 saturated heterocycles. The normalized spacial score (nSPS) is 13.8. The van der Waals surface area contributed by atoms with Crippen molar-refractivity contribution in [1.29, 1.82) is 0 Å². The molecule has 2 aromatic rings. The average molecular weight is 298 g/mol. The molecule has 0 saturated carbocycles. The second kappa shape index (κ2) is 5.29. The number of carbonyl (C=O) groups is 2. The van der Waals surface area contributed by atoms with E-state index in [1.54, 1.807) is 13.1 Å². The third-order valence-electron chi connectivity index (χ3n) is 4.00. The number of anilines is 1. The van der Waals surface area contributed by atoms with Gasteiger partial charge in [-0.1, -0.05) is 6.07 Å². The van der Waals surface area contributed by atoms with Crippen LogP contribution in [0.1, 0.15) is 39.4 Å². The number of hydrogen-bond donors (Lipinski definition) is 2. The molecule has 0 spiro atoms. The fourth-order valence-electron chi connectivity index (χ4n) is 2.98. The standard InChI is InChI=1S/C16H18N4O2/c1-9-14-13(21)4-3-7-20(14)16(19-9)10-5-6-11(15(17)22)12(8-10)18-2/h5-6,8,18H,3-4,7H2,1-2H3,(H2,17,22). The van der Waals surface area contributed by atoms with Crippen LogP contribution in [0.25, 0.3) is 11.4 Å². The van der Waals surface area contributed by atoms with Crippen molar-refractivity contribution in [3.8, 4) is 11.4 Å². The zero-order valence-electron chi connectivity index (χ0n) is 12.6. The first-order chi connectivity index (χ1) is 10.5. The molecular formula is C16H18N4O2. The van der Waals surface area contributed by atoms with E-state index in [9.17, 15) is 9.59 Å². The Balaban J connectivity index is 2.15. The van der Waals surface area contributed by atoms with Crippen molar-refractivity contribution in [3.63, 3.8) is 0 Å². The van der Waals surface area contributed by atoms with Gasteiger partial charge in [-0.3, -0.25) is 9.59 Å². The summed E-state index contributed by atoms with van der Waals surface area (Å²) >= 11 is 0. The molecule has 0 aliphatic carbocycles. The molecule has 0 atom stereocenters. The molecule has 22 heavy (non-hydrogen) atoms. The van der Waals surface area contributed by atoms with E-state index in [1.807, 2.05) is 23.6 Å². The maximum atomic E-state index is 12.1. The number of nitrogens with two attached hydrogens (primary N) is 1. The Morgan fingerprint density at radius 1 is 1.41 bits per heavy atom. The number of ketones is 1. The van der Waals surface area contributed by atoms with Gasteiger partial charge in [-0.2, -0.15) is 0 Å². The zero-order valence-corrected chi connectivity index (χ0v) is 12.6. The van der Waals surface area contributed by atoms with E-state index in [1.165, 1.54) is 0 Å². The van der Waals surface area contributed by atoms with E-state index in [0.717, 1.165) is 30.0 Å². The lowest BCUT2D eigenvalue weighted by Gasteiger charge is -2.16. The lowest BCUT2D eigenvalue weighted by molar-refractivity contribution is 0.0953. The fraction of sp³-hybridized carbons (Fsp3) is 0.312. The molecule has 2 heterocycles. The van der Waals surface area contributed by atoms with Gasteiger partial charge >= 0.3 is 0 Å². The van der Waals surface area contributed by atoms with Crippen LogP contribution in [0.4, 0.5) is 5.69 Å². The lowest BCUT2D eigenvalue weighted by atomic mass is 10.1. The lowest BCUT2D eigenvalue weighted by Crippen LogP contribution is -2.18. The number of nitrogens with one attached hydrogen (secondary N) is 1. The van der Waals surface area contributed by atoms with Gasteiger partial charge in [0.25, 0.3) is 5.91 Å². The summed E-state index contributed by atoms with van der Waals surface area (Å²) < 4.78 is 1.97. The van der Waals surface area contributed by atoms with Crippen LogP contribution in [0.2, 0.25) is 0 Å². The maximum Gasteiger partial charge on any atom is 0.250 e. The summed E-state index contributed by atoms with van der Waals surface area (Å²) in [6.07, 6.45) is 1.40. The van der Waals surface area contributed by atoms with Crippen LogP contribution in [0.3, 0.4) is 0 Å². The third kappa shape index (κ3) is 2.16. The summed E-state index contributed by atoms with van der Waals surface area (Å²) in [5, 5.41) is 2.98. The minimum atomic E-state index is -0.479. The second-order valence-electron chi connectivity index (χ2n) is 5.42. The highest BCUT2D eigenvalue weighted by Crippen LogP contribution is 2.29. The van der Waals surface area contributed by atoms with Crippen LogP contribution in [-0.2, 0) is 6.54 Å². The van der Waals surface area contributed by atoms with Gasteiger partial charge in [0.05, 0.1) is 11.3 Å². The van der Waals surface area contributed by atoms with Crippen molar-refractivity contribution in [2.24, 2.45) is 5.73 Å². The maximum absolute atomic E-state index is 12.1. The van der Waals surface area contributed by atoms with E-state index < -0.39 is 5.91 Å². The smallest absolute Gasteiger partial charge is 0.250 e. The molecule has 3 rings (SSSR count). The van der Waals surface area contributed by atoms with Gasteiger partial charge in [-0.15, -0.1) is 0 Å². The molecular weight excluding hydrogens is 280 g/mol. The summed E-state index contributed by atoms with van der Waals surface area (Å²) in [6.45, 7) is 2.64. The number of primary amides is 1. The van der Waals surface area contributed by atoms with Crippen LogP contribution < -0.4 is 11.1 Å². The first-order valence-corrected chi connectivity index (χ1v) is 7.25. The molecule has 6 nitrogen and oxygen atoms in total. The van der Waals surface area contributed by atoms with Crippen molar-refractivity contribution in [3.05, 3.63) is 35.2 Å². The third-order valence-corrected chi connectivity index (χ3v) is 4.00. The van der Waals surface area contributed by atoms with E-state index in [-0.39, 0.29) is 5.78 Å². The summed E-state index contributed by atoms with van der Waals surface area (Å²) in [5.41, 5.74) is 8.77. The molecule has 1 amide bonds. The van der Waals surface area contributed by atoms with Crippen LogP contribution in [0.5, 0.6) is 0 Å². The van der Waals surface area contributed by atoms with Gasteiger partial charge in [-0.25, -0.2) is 4.98 Å². The van der Waals surface area contributed by atoms with Gasteiger partial charge < -0.3 is 15.6 Å². The van der Waals surface area contributed by atoms with Crippen molar-refractivity contribution in [1.82, 2.24) is 9.55 Å². The predicted molar refractivity (Wildman–Crippen MR) is 84.0 cm³/mol. The Morgan fingerprint density at radius 3 is 2.86 bits per heavy atom. The number of hydrogen-bond acceptors (Lipinski definition) is 4. The van der Waals surface area contributed by atoms with E-state index >= 15 is 0 Å². The van der Waals surface area contributed by atoms with Crippen LogP contribution in [0.15, 0.2) is 18.2 Å². The van der Waals surface area contributed by atoms with Crippen molar-refractivity contribution in [2.75, 3.05) is 12.4 Å². The molecule has 114 valence electrons. The van der Waals surface area contributed by atoms with E-state index in [4.69, 9.17) is 5.73 Å². The van der Waals surface area contributed by atoms with Crippen molar-refractivity contribution < 1.29 is 9.59 Å². The van der Waals surface area contributed by atoms with Gasteiger partial charge in [0.1, 0.15) is 11.5 Å². The zero-order chi connectivity index (χ0) is 15.9. The molecule has 3 N–H and O–H groups in total.